The molecule has 0 aliphatic carbocycles. The Bertz CT molecular complexity index is 619. The van der Waals surface area contributed by atoms with Crippen molar-refractivity contribution >= 4 is 11.7 Å². The fourth-order valence-electron chi connectivity index (χ4n) is 2.77. The Hall–Kier alpha value is -2.21. The molecule has 0 bridgehead atoms. The third-order valence-electron chi connectivity index (χ3n) is 3.74. The van der Waals surface area contributed by atoms with Gasteiger partial charge < -0.3 is 10.4 Å². The minimum absolute atomic E-state index is 0.0871. The molecule has 0 atom stereocenters. The van der Waals surface area contributed by atoms with Gasteiger partial charge in [-0.2, -0.15) is 5.10 Å². The summed E-state index contributed by atoms with van der Waals surface area (Å²) in [7, 11) is 0. The van der Waals surface area contributed by atoms with Gasteiger partial charge in [-0.3, -0.25) is 14.9 Å². The minimum Gasteiger partial charge on any atom is -0.389 e. The van der Waals surface area contributed by atoms with Gasteiger partial charge in [-0.25, -0.2) is 0 Å². The topological polar surface area (TPSA) is 90.9 Å². The van der Waals surface area contributed by atoms with Crippen molar-refractivity contribution < 1.29 is 9.90 Å². The zero-order valence-electron chi connectivity index (χ0n) is 13.7. The Balaban J connectivity index is 1.99. The van der Waals surface area contributed by atoms with Gasteiger partial charge in [-0.1, -0.05) is 26.7 Å². The largest absolute Gasteiger partial charge is 0.389 e. The monoisotopic (exact) mass is 316 g/mol. The summed E-state index contributed by atoms with van der Waals surface area (Å²) in [5, 5.41) is 20.2. The number of hydrogen-bond donors (Lipinski definition) is 3. The molecule has 3 N–H and O–H groups in total. The Morgan fingerprint density at radius 1 is 1.35 bits per heavy atom. The van der Waals surface area contributed by atoms with Crippen LogP contribution in [-0.2, 0) is 4.79 Å². The maximum Gasteiger partial charge on any atom is 0.228 e. The van der Waals surface area contributed by atoms with Crippen molar-refractivity contribution in [3.05, 3.63) is 30.6 Å². The summed E-state index contributed by atoms with van der Waals surface area (Å²) in [6.07, 6.45) is 6.44. The van der Waals surface area contributed by atoms with E-state index in [-0.39, 0.29) is 12.3 Å². The van der Waals surface area contributed by atoms with Gasteiger partial charge in [0.05, 0.1) is 17.7 Å². The number of nitrogens with one attached hydrogen (secondary N) is 2. The average molecular weight is 316 g/mol. The number of aromatic nitrogens is 3. The highest BCUT2D eigenvalue weighted by Crippen LogP contribution is 2.24. The van der Waals surface area contributed by atoms with E-state index in [0.717, 1.165) is 24.1 Å². The molecule has 2 aromatic rings. The van der Waals surface area contributed by atoms with Crippen LogP contribution in [0.4, 0.5) is 5.82 Å². The lowest BCUT2D eigenvalue weighted by molar-refractivity contribution is -0.121. The van der Waals surface area contributed by atoms with Gasteiger partial charge in [-0.15, -0.1) is 0 Å². The van der Waals surface area contributed by atoms with Crippen molar-refractivity contribution in [3.8, 4) is 11.3 Å². The van der Waals surface area contributed by atoms with Crippen LogP contribution in [0.15, 0.2) is 30.6 Å². The lowest BCUT2D eigenvalue weighted by Gasteiger charge is -2.26. The molecule has 0 saturated carbocycles. The standard InChI is InChI=1S/C17H24N4O2/c1-3-7-17(23,8-4-2)11-16(22)19-15-10-14(20-21-15)13-6-5-9-18-12-13/h5-6,9-10,12,23H,3-4,7-8,11H2,1-2H3,(H2,19,20,21,22). The number of anilines is 1. The van der Waals surface area contributed by atoms with E-state index >= 15 is 0 Å². The molecule has 0 unspecified atom stereocenters. The van der Waals surface area contributed by atoms with Crippen LogP contribution in [0.25, 0.3) is 11.3 Å². The van der Waals surface area contributed by atoms with Crippen LogP contribution in [0.5, 0.6) is 0 Å². The lowest BCUT2D eigenvalue weighted by Crippen LogP contribution is -2.33. The van der Waals surface area contributed by atoms with Crippen molar-refractivity contribution in [3.63, 3.8) is 0 Å². The van der Waals surface area contributed by atoms with E-state index in [0.29, 0.717) is 18.7 Å². The molecule has 0 spiro atoms. The molecular formula is C17H24N4O2. The number of carbonyl (C=O) groups is 1. The van der Waals surface area contributed by atoms with Crippen LogP contribution < -0.4 is 5.32 Å². The first-order valence-electron chi connectivity index (χ1n) is 8.04. The average Bonchev–Trinajstić information content (AvgIpc) is 2.96. The number of hydrogen-bond acceptors (Lipinski definition) is 4. The molecule has 2 rings (SSSR count). The normalized spacial score (nSPS) is 11.4. The van der Waals surface area contributed by atoms with E-state index in [9.17, 15) is 9.90 Å². The summed E-state index contributed by atoms with van der Waals surface area (Å²) >= 11 is 0. The highest BCUT2D eigenvalue weighted by molar-refractivity contribution is 5.91. The number of aromatic amines is 1. The van der Waals surface area contributed by atoms with Crippen LogP contribution in [0, 0.1) is 0 Å². The zero-order valence-corrected chi connectivity index (χ0v) is 13.7. The second-order valence-corrected chi connectivity index (χ2v) is 5.86. The summed E-state index contributed by atoms with van der Waals surface area (Å²) in [6.45, 7) is 4.01. The van der Waals surface area contributed by atoms with Gasteiger partial charge in [0.25, 0.3) is 0 Å². The molecule has 0 aromatic carbocycles. The van der Waals surface area contributed by atoms with Crippen LogP contribution in [-0.4, -0.2) is 31.8 Å². The number of carbonyl (C=O) groups excluding carboxylic acids is 1. The molecule has 0 saturated heterocycles. The third-order valence-corrected chi connectivity index (χ3v) is 3.74. The number of pyridine rings is 1. The molecule has 0 radical (unpaired) electrons. The Morgan fingerprint density at radius 3 is 2.70 bits per heavy atom. The molecule has 0 fully saturated rings. The Morgan fingerprint density at radius 2 is 2.09 bits per heavy atom. The predicted molar refractivity (Wildman–Crippen MR) is 89.8 cm³/mol. The van der Waals surface area contributed by atoms with Gasteiger partial charge in [0.1, 0.15) is 0 Å². The first kappa shape index (κ1) is 17.1. The lowest BCUT2D eigenvalue weighted by atomic mass is 9.89. The van der Waals surface area contributed by atoms with E-state index in [1.165, 1.54) is 0 Å². The first-order chi connectivity index (χ1) is 11.1. The molecule has 2 heterocycles. The number of H-pyrrole nitrogens is 1. The summed E-state index contributed by atoms with van der Waals surface area (Å²) in [5.74, 6) is 0.225. The van der Waals surface area contributed by atoms with Gasteiger partial charge in [0.15, 0.2) is 5.82 Å². The SMILES string of the molecule is CCCC(O)(CCC)CC(=O)Nc1cc(-c2cccnc2)[nH]n1. The van der Waals surface area contributed by atoms with Crippen molar-refractivity contribution in [2.24, 2.45) is 0 Å². The summed E-state index contributed by atoms with van der Waals surface area (Å²) in [5.41, 5.74) is 0.746. The zero-order chi connectivity index (χ0) is 16.7. The highest BCUT2D eigenvalue weighted by Gasteiger charge is 2.28. The van der Waals surface area contributed by atoms with E-state index < -0.39 is 5.60 Å². The van der Waals surface area contributed by atoms with E-state index in [4.69, 9.17) is 0 Å². The Kier molecular flexibility index (Phi) is 5.87. The van der Waals surface area contributed by atoms with Crippen molar-refractivity contribution in [1.82, 2.24) is 15.2 Å². The highest BCUT2D eigenvalue weighted by atomic mass is 16.3. The van der Waals surface area contributed by atoms with Crippen LogP contribution >= 0.6 is 0 Å². The molecule has 1 amide bonds. The number of nitrogens with zero attached hydrogens (tertiary/aromatic N) is 2. The van der Waals surface area contributed by atoms with Crippen LogP contribution in [0.2, 0.25) is 0 Å². The molecule has 0 aliphatic rings. The number of amides is 1. The van der Waals surface area contributed by atoms with Gasteiger partial charge >= 0.3 is 0 Å². The van der Waals surface area contributed by atoms with Crippen molar-refractivity contribution in [2.75, 3.05) is 5.32 Å². The Labute approximate surface area is 136 Å². The summed E-state index contributed by atoms with van der Waals surface area (Å²) in [6, 6.07) is 5.50. The predicted octanol–water partition coefficient (Wildman–Crippen LogP) is 3.13. The summed E-state index contributed by atoms with van der Waals surface area (Å²) < 4.78 is 0. The van der Waals surface area contributed by atoms with Crippen molar-refractivity contribution in [1.29, 1.82) is 0 Å². The molecule has 0 aliphatic heterocycles. The summed E-state index contributed by atoms with van der Waals surface area (Å²) in [4.78, 5) is 16.2. The fourth-order valence-corrected chi connectivity index (χ4v) is 2.77. The molecular weight excluding hydrogens is 292 g/mol. The first-order valence-corrected chi connectivity index (χ1v) is 8.04. The maximum absolute atomic E-state index is 12.2. The molecule has 2 aromatic heterocycles. The number of aliphatic hydroxyl groups is 1. The molecule has 124 valence electrons. The molecule has 23 heavy (non-hydrogen) atoms. The van der Waals surface area contributed by atoms with Gasteiger partial charge in [0.2, 0.25) is 5.91 Å². The fraction of sp³-hybridized carbons (Fsp3) is 0.471. The van der Waals surface area contributed by atoms with Crippen LogP contribution in [0.3, 0.4) is 0 Å². The quantitative estimate of drug-likeness (QED) is 0.698. The van der Waals surface area contributed by atoms with Crippen molar-refractivity contribution in [2.45, 2.75) is 51.6 Å². The third kappa shape index (κ3) is 4.89. The van der Waals surface area contributed by atoms with Gasteiger partial charge in [0, 0.05) is 24.0 Å². The minimum atomic E-state index is -0.934. The van der Waals surface area contributed by atoms with Gasteiger partial charge in [-0.05, 0) is 25.0 Å². The second kappa shape index (κ2) is 7.87. The van der Waals surface area contributed by atoms with E-state index in [1.54, 1.807) is 18.5 Å². The van der Waals surface area contributed by atoms with E-state index in [2.05, 4.69) is 20.5 Å². The second-order valence-electron chi connectivity index (χ2n) is 5.86. The molecule has 6 heteroatoms. The molecule has 6 nitrogen and oxygen atoms in total. The smallest absolute Gasteiger partial charge is 0.228 e. The number of rotatable bonds is 8. The van der Waals surface area contributed by atoms with E-state index in [1.807, 2.05) is 26.0 Å². The maximum atomic E-state index is 12.2. The van der Waals surface area contributed by atoms with Crippen LogP contribution in [0.1, 0.15) is 46.0 Å².